The van der Waals surface area contributed by atoms with Gasteiger partial charge in [0.25, 0.3) is 0 Å². The molecule has 3 atom stereocenters. The SMILES string of the molecule is [N-]=[N+]=N[C@@H](Cc1ccccc1)[C@H](Cc1ccccc1)NC(=O)OCC1CCCO1. The van der Waals surface area contributed by atoms with E-state index in [0.717, 1.165) is 24.0 Å². The Morgan fingerprint density at radius 3 is 2.38 bits per heavy atom. The van der Waals surface area contributed by atoms with Crippen molar-refractivity contribution in [2.24, 2.45) is 5.11 Å². The molecule has 1 aliphatic heterocycles. The minimum absolute atomic E-state index is 0.0365. The van der Waals surface area contributed by atoms with Crippen LogP contribution in [0.3, 0.4) is 0 Å². The number of rotatable bonds is 9. The molecule has 2 aromatic rings. The number of nitrogens with zero attached hydrogens (tertiary/aromatic N) is 3. The monoisotopic (exact) mass is 394 g/mol. The van der Waals surface area contributed by atoms with Crippen LogP contribution in [0.25, 0.3) is 10.4 Å². The van der Waals surface area contributed by atoms with Crippen molar-refractivity contribution < 1.29 is 14.3 Å². The maximum atomic E-state index is 12.4. The van der Waals surface area contributed by atoms with Gasteiger partial charge in [0, 0.05) is 17.6 Å². The summed E-state index contributed by atoms with van der Waals surface area (Å²) in [6.45, 7) is 0.942. The van der Waals surface area contributed by atoms with Gasteiger partial charge in [0.05, 0.1) is 12.1 Å². The van der Waals surface area contributed by atoms with Crippen molar-refractivity contribution in [3.8, 4) is 0 Å². The van der Waals surface area contributed by atoms with E-state index in [4.69, 9.17) is 15.0 Å². The Hall–Kier alpha value is -3.02. The molecule has 3 rings (SSSR count). The Morgan fingerprint density at radius 1 is 1.14 bits per heavy atom. The molecule has 2 aromatic carbocycles. The molecule has 29 heavy (non-hydrogen) atoms. The van der Waals surface area contributed by atoms with Gasteiger partial charge in [-0.1, -0.05) is 65.8 Å². The minimum atomic E-state index is -0.521. The van der Waals surface area contributed by atoms with E-state index in [0.29, 0.717) is 19.4 Å². The maximum Gasteiger partial charge on any atom is 0.407 e. The van der Waals surface area contributed by atoms with Gasteiger partial charge in [0.1, 0.15) is 6.61 Å². The fourth-order valence-electron chi connectivity index (χ4n) is 3.47. The largest absolute Gasteiger partial charge is 0.447 e. The summed E-state index contributed by atoms with van der Waals surface area (Å²) in [5.41, 5.74) is 11.2. The molecule has 0 aromatic heterocycles. The lowest BCUT2D eigenvalue weighted by atomic mass is 9.95. The summed E-state index contributed by atoms with van der Waals surface area (Å²) in [7, 11) is 0. The second-order valence-corrected chi connectivity index (χ2v) is 7.14. The second kappa shape index (κ2) is 11.1. The quantitative estimate of drug-likeness (QED) is 0.387. The number of hydrogen-bond acceptors (Lipinski definition) is 4. The van der Waals surface area contributed by atoms with Crippen molar-refractivity contribution in [1.82, 2.24) is 5.32 Å². The number of carbonyl (C=O) groups excluding carboxylic acids is 1. The minimum Gasteiger partial charge on any atom is -0.447 e. The van der Waals surface area contributed by atoms with Gasteiger partial charge in [-0.05, 0) is 42.3 Å². The number of hydrogen-bond donors (Lipinski definition) is 1. The molecule has 1 saturated heterocycles. The normalized spacial score (nSPS) is 17.7. The van der Waals surface area contributed by atoms with Crippen LogP contribution in [0.2, 0.25) is 0 Å². The molecule has 1 N–H and O–H groups in total. The van der Waals surface area contributed by atoms with Crippen LogP contribution in [0.4, 0.5) is 4.79 Å². The van der Waals surface area contributed by atoms with E-state index in [2.05, 4.69) is 15.3 Å². The number of amides is 1. The van der Waals surface area contributed by atoms with Gasteiger partial charge in [-0.15, -0.1) is 0 Å². The molecular formula is C22H26N4O3. The van der Waals surface area contributed by atoms with Crippen molar-refractivity contribution in [3.05, 3.63) is 82.2 Å². The predicted octanol–water partition coefficient (Wildman–Crippen LogP) is 4.42. The summed E-state index contributed by atoms with van der Waals surface area (Å²) in [6, 6.07) is 18.8. The van der Waals surface area contributed by atoms with Gasteiger partial charge < -0.3 is 14.8 Å². The summed E-state index contributed by atoms with van der Waals surface area (Å²) in [6.07, 6.45) is 2.39. The topological polar surface area (TPSA) is 96.3 Å². The van der Waals surface area contributed by atoms with Crippen LogP contribution in [-0.2, 0) is 22.3 Å². The third-order valence-electron chi connectivity index (χ3n) is 4.98. The zero-order chi connectivity index (χ0) is 20.3. The molecule has 1 unspecified atom stereocenters. The fraction of sp³-hybridized carbons (Fsp3) is 0.409. The van der Waals surface area contributed by atoms with E-state index in [-0.39, 0.29) is 12.7 Å². The lowest BCUT2D eigenvalue weighted by Crippen LogP contribution is -2.45. The Morgan fingerprint density at radius 2 is 1.79 bits per heavy atom. The van der Waals surface area contributed by atoms with E-state index in [1.807, 2.05) is 60.7 Å². The molecule has 1 heterocycles. The molecule has 7 heteroatoms. The molecule has 0 saturated carbocycles. The third kappa shape index (κ3) is 6.82. The summed E-state index contributed by atoms with van der Waals surface area (Å²) < 4.78 is 10.9. The number of azide groups is 1. The van der Waals surface area contributed by atoms with Gasteiger partial charge in [-0.2, -0.15) is 0 Å². The first-order valence-corrected chi connectivity index (χ1v) is 9.91. The lowest BCUT2D eigenvalue weighted by Gasteiger charge is -2.25. The van der Waals surface area contributed by atoms with Crippen LogP contribution in [0, 0.1) is 0 Å². The Kier molecular flexibility index (Phi) is 7.92. The van der Waals surface area contributed by atoms with Gasteiger partial charge in [-0.3, -0.25) is 0 Å². The van der Waals surface area contributed by atoms with E-state index >= 15 is 0 Å². The molecule has 1 fully saturated rings. The van der Waals surface area contributed by atoms with Crippen molar-refractivity contribution >= 4 is 6.09 Å². The first kappa shape index (κ1) is 20.7. The van der Waals surface area contributed by atoms with Crippen LogP contribution in [0.5, 0.6) is 0 Å². The molecule has 0 spiro atoms. The van der Waals surface area contributed by atoms with Crippen LogP contribution in [0.15, 0.2) is 65.8 Å². The standard InChI is InChI=1S/C22H26N4O3/c23-26-25-21(15-18-10-5-2-6-11-18)20(14-17-8-3-1-4-9-17)24-22(27)29-16-19-12-7-13-28-19/h1-6,8-11,19-21H,7,12-16H2,(H,24,27)/t19?,20-,21-/m0/s1. The first-order valence-electron chi connectivity index (χ1n) is 9.91. The molecule has 1 aliphatic rings. The summed E-state index contributed by atoms with van der Waals surface area (Å²) in [5, 5.41) is 6.91. The average Bonchev–Trinajstić information content (AvgIpc) is 3.27. The van der Waals surface area contributed by atoms with Crippen molar-refractivity contribution in [2.45, 2.75) is 43.9 Å². The van der Waals surface area contributed by atoms with Crippen molar-refractivity contribution in [1.29, 1.82) is 0 Å². The van der Waals surface area contributed by atoms with Gasteiger partial charge in [0.15, 0.2) is 0 Å². The maximum absolute atomic E-state index is 12.4. The fourth-order valence-corrected chi connectivity index (χ4v) is 3.47. The molecule has 0 aliphatic carbocycles. The van der Waals surface area contributed by atoms with Gasteiger partial charge >= 0.3 is 6.09 Å². The summed E-state index contributed by atoms with van der Waals surface area (Å²) in [5.74, 6) is 0. The zero-order valence-corrected chi connectivity index (χ0v) is 16.3. The lowest BCUT2D eigenvalue weighted by molar-refractivity contribution is 0.0425. The molecule has 152 valence electrons. The van der Waals surface area contributed by atoms with Crippen LogP contribution >= 0.6 is 0 Å². The molecule has 0 bridgehead atoms. The van der Waals surface area contributed by atoms with Crippen molar-refractivity contribution in [2.75, 3.05) is 13.2 Å². The third-order valence-corrected chi connectivity index (χ3v) is 4.98. The predicted molar refractivity (Wildman–Crippen MR) is 110 cm³/mol. The molecular weight excluding hydrogens is 368 g/mol. The highest BCUT2D eigenvalue weighted by Gasteiger charge is 2.25. The van der Waals surface area contributed by atoms with Crippen molar-refractivity contribution in [3.63, 3.8) is 0 Å². The highest BCUT2D eigenvalue weighted by atomic mass is 16.6. The van der Waals surface area contributed by atoms with Gasteiger partial charge in [0.2, 0.25) is 0 Å². The van der Waals surface area contributed by atoms with Crippen LogP contribution in [-0.4, -0.2) is 37.5 Å². The highest BCUT2D eigenvalue weighted by Crippen LogP contribution is 2.16. The van der Waals surface area contributed by atoms with E-state index < -0.39 is 18.2 Å². The number of alkyl carbamates (subject to hydrolysis) is 1. The number of nitrogens with one attached hydrogen (secondary N) is 1. The van der Waals surface area contributed by atoms with Crippen LogP contribution < -0.4 is 5.32 Å². The number of carbonyl (C=O) groups is 1. The molecule has 0 radical (unpaired) electrons. The highest BCUT2D eigenvalue weighted by molar-refractivity contribution is 5.67. The summed E-state index contributed by atoms with van der Waals surface area (Å²) >= 11 is 0. The average molecular weight is 394 g/mol. The Balaban J connectivity index is 1.70. The number of ether oxygens (including phenoxy) is 2. The first-order chi connectivity index (χ1) is 14.2. The number of benzene rings is 2. The summed E-state index contributed by atoms with van der Waals surface area (Å²) in [4.78, 5) is 15.5. The molecule has 1 amide bonds. The van der Waals surface area contributed by atoms with Crippen LogP contribution in [0.1, 0.15) is 24.0 Å². The second-order valence-electron chi connectivity index (χ2n) is 7.14. The Bertz CT molecular complexity index is 803. The Labute approximate surface area is 170 Å². The molecule has 7 nitrogen and oxygen atoms in total. The van der Waals surface area contributed by atoms with E-state index in [1.165, 1.54) is 0 Å². The van der Waals surface area contributed by atoms with E-state index in [1.54, 1.807) is 0 Å². The van der Waals surface area contributed by atoms with E-state index in [9.17, 15) is 4.79 Å². The zero-order valence-electron chi connectivity index (χ0n) is 16.3. The van der Waals surface area contributed by atoms with Gasteiger partial charge in [-0.25, -0.2) is 4.79 Å². The smallest absolute Gasteiger partial charge is 0.407 e.